The van der Waals surface area contributed by atoms with E-state index in [0.29, 0.717) is 0 Å². The van der Waals surface area contributed by atoms with Crippen molar-refractivity contribution in [2.24, 2.45) is 5.73 Å². The van der Waals surface area contributed by atoms with Gasteiger partial charge in [0.25, 0.3) is 0 Å². The van der Waals surface area contributed by atoms with Crippen molar-refractivity contribution < 1.29 is 0 Å². The first-order chi connectivity index (χ1) is 8.79. The Labute approximate surface area is 111 Å². The van der Waals surface area contributed by atoms with Gasteiger partial charge in [-0.2, -0.15) is 0 Å². The van der Waals surface area contributed by atoms with E-state index in [1.54, 1.807) is 30.5 Å². The summed E-state index contributed by atoms with van der Waals surface area (Å²) in [5.74, 6) is 0. The minimum atomic E-state index is 0.180. The van der Waals surface area contributed by atoms with Gasteiger partial charge in [0, 0.05) is 18.4 Å². The first kappa shape index (κ1) is 13.0. The Morgan fingerprint density at radius 3 is 2.89 bits per heavy atom. The Morgan fingerprint density at radius 2 is 2.17 bits per heavy atom. The zero-order chi connectivity index (χ0) is 12.8. The summed E-state index contributed by atoms with van der Waals surface area (Å²) in [4.78, 5) is 12.5. The topological polar surface area (TPSA) is 64.7 Å². The van der Waals surface area contributed by atoms with Crippen LogP contribution in [0.15, 0.2) is 47.0 Å². The van der Waals surface area contributed by atoms with E-state index in [2.05, 4.69) is 27.9 Å². The SMILES string of the molecule is CCC(N)Cc1cccnc1Sc1ccncn1. The maximum atomic E-state index is 6.00. The largest absolute Gasteiger partial charge is 0.327 e. The molecule has 0 fully saturated rings. The number of aromatic nitrogens is 3. The van der Waals surface area contributed by atoms with E-state index >= 15 is 0 Å². The molecule has 18 heavy (non-hydrogen) atoms. The Bertz CT molecular complexity index is 489. The Kier molecular flexibility index (Phi) is 4.66. The molecule has 2 N–H and O–H groups in total. The molecular formula is C13H16N4S. The van der Waals surface area contributed by atoms with E-state index in [9.17, 15) is 0 Å². The van der Waals surface area contributed by atoms with Crippen LogP contribution in [-0.4, -0.2) is 21.0 Å². The van der Waals surface area contributed by atoms with E-state index < -0.39 is 0 Å². The summed E-state index contributed by atoms with van der Waals surface area (Å²) in [5.41, 5.74) is 7.18. The van der Waals surface area contributed by atoms with Crippen LogP contribution in [0.5, 0.6) is 0 Å². The van der Waals surface area contributed by atoms with Crippen LogP contribution >= 0.6 is 11.8 Å². The second kappa shape index (κ2) is 6.47. The van der Waals surface area contributed by atoms with Crippen molar-refractivity contribution in [3.05, 3.63) is 42.5 Å². The summed E-state index contributed by atoms with van der Waals surface area (Å²) in [5, 5.41) is 1.87. The van der Waals surface area contributed by atoms with Crippen molar-refractivity contribution in [1.29, 1.82) is 0 Å². The predicted octanol–water partition coefficient (Wildman–Crippen LogP) is 2.30. The van der Waals surface area contributed by atoms with Crippen molar-refractivity contribution in [1.82, 2.24) is 15.0 Å². The van der Waals surface area contributed by atoms with Crippen LogP contribution in [0.1, 0.15) is 18.9 Å². The van der Waals surface area contributed by atoms with E-state index in [1.165, 1.54) is 5.56 Å². The molecule has 0 amide bonds. The lowest BCUT2D eigenvalue weighted by atomic mass is 10.1. The Morgan fingerprint density at radius 1 is 1.28 bits per heavy atom. The second-order valence-electron chi connectivity index (χ2n) is 3.99. The number of nitrogens with two attached hydrogens (primary N) is 1. The van der Waals surface area contributed by atoms with Gasteiger partial charge >= 0.3 is 0 Å². The van der Waals surface area contributed by atoms with Gasteiger partial charge in [-0.15, -0.1) is 0 Å². The molecule has 0 aliphatic rings. The molecule has 1 unspecified atom stereocenters. The fourth-order valence-corrected chi connectivity index (χ4v) is 2.36. The summed E-state index contributed by atoms with van der Waals surface area (Å²) >= 11 is 1.55. The summed E-state index contributed by atoms with van der Waals surface area (Å²) in [6.07, 6.45) is 6.88. The van der Waals surface area contributed by atoms with Gasteiger partial charge in [0.05, 0.1) is 0 Å². The fourth-order valence-electron chi connectivity index (χ4n) is 1.54. The van der Waals surface area contributed by atoms with Crippen molar-refractivity contribution in [2.75, 3.05) is 0 Å². The average molecular weight is 260 g/mol. The van der Waals surface area contributed by atoms with Gasteiger partial charge in [-0.05, 0) is 42.3 Å². The van der Waals surface area contributed by atoms with Gasteiger partial charge in [-0.25, -0.2) is 15.0 Å². The first-order valence-electron chi connectivity index (χ1n) is 5.93. The van der Waals surface area contributed by atoms with Gasteiger partial charge in [0.2, 0.25) is 0 Å². The van der Waals surface area contributed by atoms with Crippen LogP contribution < -0.4 is 5.73 Å². The lowest BCUT2D eigenvalue weighted by molar-refractivity contribution is 0.637. The average Bonchev–Trinajstić information content (AvgIpc) is 2.42. The minimum absolute atomic E-state index is 0.180. The van der Waals surface area contributed by atoms with Gasteiger partial charge in [-0.3, -0.25) is 0 Å². The second-order valence-corrected chi connectivity index (χ2v) is 5.00. The molecule has 0 saturated heterocycles. The highest BCUT2D eigenvalue weighted by atomic mass is 32.2. The van der Waals surface area contributed by atoms with Crippen molar-refractivity contribution in [3.63, 3.8) is 0 Å². The van der Waals surface area contributed by atoms with E-state index in [-0.39, 0.29) is 6.04 Å². The maximum Gasteiger partial charge on any atom is 0.116 e. The van der Waals surface area contributed by atoms with Crippen LogP contribution in [-0.2, 0) is 6.42 Å². The highest BCUT2D eigenvalue weighted by Crippen LogP contribution is 2.27. The molecule has 0 aliphatic carbocycles. The van der Waals surface area contributed by atoms with Crippen LogP contribution in [0.4, 0.5) is 0 Å². The summed E-state index contributed by atoms with van der Waals surface area (Å²) in [6, 6.07) is 6.08. The normalized spacial score (nSPS) is 12.3. The number of hydrogen-bond donors (Lipinski definition) is 1. The molecular weight excluding hydrogens is 244 g/mol. The number of hydrogen-bond acceptors (Lipinski definition) is 5. The van der Waals surface area contributed by atoms with Crippen LogP contribution in [0, 0.1) is 0 Å². The van der Waals surface area contributed by atoms with Gasteiger partial charge in [-0.1, -0.05) is 13.0 Å². The molecule has 0 spiro atoms. The number of pyridine rings is 1. The molecule has 94 valence electrons. The van der Waals surface area contributed by atoms with Crippen LogP contribution in [0.3, 0.4) is 0 Å². The third-order valence-electron chi connectivity index (χ3n) is 2.61. The lowest BCUT2D eigenvalue weighted by Crippen LogP contribution is -2.21. The number of nitrogens with zero attached hydrogens (tertiary/aromatic N) is 3. The molecule has 0 bridgehead atoms. The standard InChI is InChI=1S/C13H16N4S/c1-2-11(14)8-10-4-3-6-16-13(10)18-12-5-7-15-9-17-12/h3-7,9,11H,2,8,14H2,1H3. The highest BCUT2D eigenvalue weighted by Gasteiger charge is 2.09. The predicted molar refractivity (Wildman–Crippen MR) is 72.4 cm³/mol. The van der Waals surface area contributed by atoms with Crippen LogP contribution in [0.25, 0.3) is 0 Å². The molecule has 1 atom stereocenters. The monoisotopic (exact) mass is 260 g/mol. The van der Waals surface area contributed by atoms with E-state index in [1.807, 2.05) is 12.1 Å². The quantitative estimate of drug-likeness (QED) is 0.836. The summed E-state index contributed by atoms with van der Waals surface area (Å²) in [7, 11) is 0. The highest BCUT2D eigenvalue weighted by molar-refractivity contribution is 7.99. The van der Waals surface area contributed by atoms with Gasteiger partial charge in [0.15, 0.2) is 0 Å². The van der Waals surface area contributed by atoms with Gasteiger partial charge in [0.1, 0.15) is 16.4 Å². The zero-order valence-corrected chi connectivity index (χ0v) is 11.1. The molecule has 5 heteroatoms. The first-order valence-corrected chi connectivity index (χ1v) is 6.74. The molecule has 2 rings (SSSR count). The third kappa shape index (κ3) is 3.51. The van der Waals surface area contributed by atoms with Crippen LogP contribution in [0.2, 0.25) is 0 Å². The van der Waals surface area contributed by atoms with Crippen molar-refractivity contribution in [3.8, 4) is 0 Å². The smallest absolute Gasteiger partial charge is 0.116 e. The lowest BCUT2D eigenvalue weighted by Gasteiger charge is -2.11. The molecule has 2 aromatic heterocycles. The maximum absolute atomic E-state index is 6.00. The molecule has 0 aromatic carbocycles. The Hall–Kier alpha value is -1.46. The van der Waals surface area contributed by atoms with E-state index in [0.717, 1.165) is 22.9 Å². The molecule has 2 heterocycles. The molecule has 2 aromatic rings. The summed E-state index contributed by atoms with van der Waals surface area (Å²) in [6.45, 7) is 2.10. The van der Waals surface area contributed by atoms with Crippen molar-refractivity contribution in [2.45, 2.75) is 35.9 Å². The third-order valence-corrected chi connectivity index (χ3v) is 3.62. The Balaban J connectivity index is 2.17. The number of rotatable bonds is 5. The van der Waals surface area contributed by atoms with E-state index in [4.69, 9.17) is 5.73 Å². The minimum Gasteiger partial charge on any atom is -0.327 e. The molecule has 0 radical (unpaired) electrons. The zero-order valence-electron chi connectivity index (χ0n) is 10.3. The molecule has 0 aliphatic heterocycles. The van der Waals surface area contributed by atoms with Gasteiger partial charge < -0.3 is 5.73 Å². The molecule has 4 nitrogen and oxygen atoms in total. The summed E-state index contributed by atoms with van der Waals surface area (Å²) < 4.78 is 0. The fraction of sp³-hybridized carbons (Fsp3) is 0.308. The van der Waals surface area contributed by atoms with Crippen molar-refractivity contribution >= 4 is 11.8 Å². The molecule has 0 saturated carbocycles.